The molecule has 0 saturated carbocycles. The predicted octanol–water partition coefficient (Wildman–Crippen LogP) is 5.70. The Kier molecular flexibility index (Phi) is 4.70. The Bertz CT molecular complexity index is 740. The van der Waals surface area contributed by atoms with E-state index in [0.29, 0.717) is 23.5 Å². The zero-order valence-electron chi connectivity index (χ0n) is 16.3. The number of aromatic hydroxyl groups is 1. The molecular weight excluding hydrogens is 312 g/mol. The first-order valence-corrected chi connectivity index (χ1v) is 9.45. The molecule has 3 heteroatoms. The number of esters is 1. The molecule has 1 N–H and O–H groups in total. The van der Waals surface area contributed by atoms with Gasteiger partial charge in [-0.05, 0) is 74.5 Å². The molecule has 136 valence electrons. The molecule has 0 aromatic heterocycles. The van der Waals surface area contributed by atoms with Crippen LogP contribution in [-0.2, 0) is 4.79 Å². The Balaban J connectivity index is 2.34. The first-order valence-electron chi connectivity index (χ1n) is 9.45. The Morgan fingerprint density at radius 3 is 2.40 bits per heavy atom. The van der Waals surface area contributed by atoms with Crippen LogP contribution in [0.4, 0.5) is 0 Å². The molecular formula is C22H30O3. The Hall–Kier alpha value is -1.77. The third-order valence-electron chi connectivity index (χ3n) is 6.03. The minimum absolute atomic E-state index is 0.189. The van der Waals surface area contributed by atoms with E-state index in [1.807, 2.05) is 6.92 Å². The van der Waals surface area contributed by atoms with Gasteiger partial charge < -0.3 is 9.84 Å². The van der Waals surface area contributed by atoms with Crippen molar-refractivity contribution < 1.29 is 14.6 Å². The summed E-state index contributed by atoms with van der Waals surface area (Å²) in [5.74, 6) is 1.89. The number of benzene rings is 1. The van der Waals surface area contributed by atoms with Crippen LogP contribution in [0.2, 0.25) is 0 Å². The van der Waals surface area contributed by atoms with E-state index in [-0.39, 0.29) is 17.6 Å². The number of carbonyl (C=O) groups excluding carboxylic acids is 1. The van der Waals surface area contributed by atoms with Crippen molar-refractivity contribution in [3.05, 3.63) is 33.9 Å². The second-order valence-corrected chi connectivity index (χ2v) is 8.29. The van der Waals surface area contributed by atoms with Gasteiger partial charge in [0, 0.05) is 18.4 Å². The first kappa shape index (κ1) is 18.0. The van der Waals surface area contributed by atoms with Gasteiger partial charge in [0.15, 0.2) is 11.5 Å². The van der Waals surface area contributed by atoms with Gasteiger partial charge >= 0.3 is 5.97 Å². The molecule has 2 aliphatic carbocycles. The maximum Gasteiger partial charge on any atom is 0.308 e. The lowest BCUT2D eigenvalue weighted by atomic mass is 9.62. The van der Waals surface area contributed by atoms with Gasteiger partial charge in [-0.15, -0.1) is 0 Å². The summed E-state index contributed by atoms with van der Waals surface area (Å²) in [6, 6.07) is 0. The molecule has 1 aromatic carbocycles. The highest BCUT2D eigenvalue weighted by atomic mass is 16.5. The summed E-state index contributed by atoms with van der Waals surface area (Å²) in [5.41, 5.74) is 5.88. The second kappa shape index (κ2) is 6.51. The van der Waals surface area contributed by atoms with Crippen LogP contribution in [-0.4, -0.2) is 11.1 Å². The summed E-state index contributed by atoms with van der Waals surface area (Å²) in [7, 11) is 0. The van der Waals surface area contributed by atoms with Crippen LogP contribution in [0.3, 0.4) is 0 Å². The van der Waals surface area contributed by atoms with Crippen molar-refractivity contribution in [3.63, 3.8) is 0 Å². The van der Waals surface area contributed by atoms with Gasteiger partial charge in [-0.3, -0.25) is 4.79 Å². The molecule has 1 aromatic rings. The van der Waals surface area contributed by atoms with Crippen LogP contribution in [0.5, 0.6) is 11.5 Å². The van der Waals surface area contributed by atoms with Crippen LogP contribution < -0.4 is 4.74 Å². The predicted molar refractivity (Wildman–Crippen MR) is 100 cm³/mol. The van der Waals surface area contributed by atoms with Crippen molar-refractivity contribution in [1.82, 2.24) is 0 Å². The third kappa shape index (κ3) is 2.98. The third-order valence-corrected chi connectivity index (χ3v) is 6.03. The summed E-state index contributed by atoms with van der Waals surface area (Å²) >= 11 is 0. The molecule has 0 saturated heterocycles. The molecule has 4 atom stereocenters. The Morgan fingerprint density at radius 2 is 1.80 bits per heavy atom. The molecule has 0 radical (unpaired) electrons. The summed E-state index contributed by atoms with van der Waals surface area (Å²) in [4.78, 5) is 11.6. The number of phenols is 1. The van der Waals surface area contributed by atoms with Crippen LogP contribution in [0.15, 0.2) is 11.6 Å². The lowest BCUT2D eigenvalue weighted by Gasteiger charge is -2.43. The fourth-order valence-electron chi connectivity index (χ4n) is 5.07. The normalized spacial score (nSPS) is 27.4. The molecule has 0 amide bonds. The molecule has 3 rings (SSSR count). The van der Waals surface area contributed by atoms with Gasteiger partial charge in [0.05, 0.1) is 0 Å². The summed E-state index contributed by atoms with van der Waals surface area (Å²) in [5, 5.41) is 11.0. The monoisotopic (exact) mass is 342 g/mol. The van der Waals surface area contributed by atoms with E-state index < -0.39 is 0 Å². The van der Waals surface area contributed by atoms with Gasteiger partial charge in [0.2, 0.25) is 0 Å². The highest BCUT2D eigenvalue weighted by molar-refractivity contribution is 5.74. The van der Waals surface area contributed by atoms with Gasteiger partial charge in [0.1, 0.15) is 0 Å². The summed E-state index contributed by atoms with van der Waals surface area (Å²) < 4.78 is 5.46. The van der Waals surface area contributed by atoms with Gasteiger partial charge in [-0.1, -0.05) is 25.5 Å². The van der Waals surface area contributed by atoms with E-state index in [0.717, 1.165) is 24.0 Å². The molecule has 0 fully saturated rings. The molecule has 0 bridgehead atoms. The van der Waals surface area contributed by atoms with Crippen molar-refractivity contribution in [3.8, 4) is 11.5 Å². The summed E-state index contributed by atoms with van der Waals surface area (Å²) in [6.45, 7) is 12.2. The van der Waals surface area contributed by atoms with Crippen LogP contribution in [0.25, 0.3) is 0 Å². The van der Waals surface area contributed by atoms with E-state index in [2.05, 4.69) is 33.8 Å². The summed E-state index contributed by atoms with van der Waals surface area (Å²) in [6.07, 6.45) is 5.70. The van der Waals surface area contributed by atoms with E-state index in [1.54, 1.807) is 0 Å². The number of allylic oxidation sites excluding steroid dienone is 2. The zero-order valence-corrected chi connectivity index (χ0v) is 16.3. The fourth-order valence-corrected chi connectivity index (χ4v) is 5.07. The minimum atomic E-state index is -0.381. The van der Waals surface area contributed by atoms with Crippen molar-refractivity contribution in [2.24, 2.45) is 5.92 Å². The van der Waals surface area contributed by atoms with Gasteiger partial charge in [-0.25, -0.2) is 0 Å². The van der Waals surface area contributed by atoms with Crippen molar-refractivity contribution in [1.29, 1.82) is 0 Å². The largest absolute Gasteiger partial charge is 0.504 e. The topological polar surface area (TPSA) is 46.5 Å². The Morgan fingerprint density at radius 1 is 1.12 bits per heavy atom. The van der Waals surface area contributed by atoms with Crippen molar-refractivity contribution in [2.45, 2.75) is 78.6 Å². The number of phenolic OH excluding ortho intramolecular Hbond substituents is 1. The zero-order chi connectivity index (χ0) is 18.5. The van der Waals surface area contributed by atoms with Gasteiger partial charge in [-0.2, -0.15) is 0 Å². The van der Waals surface area contributed by atoms with E-state index in [9.17, 15) is 9.90 Å². The lowest BCUT2D eigenvalue weighted by Crippen LogP contribution is -2.28. The first-order chi connectivity index (χ1) is 11.7. The quantitative estimate of drug-likeness (QED) is 0.426. The average molecular weight is 342 g/mol. The van der Waals surface area contributed by atoms with Crippen LogP contribution in [0.1, 0.15) is 93.9 Å². The van der Waals surface area contributed by atoms with E-state index in [1.165, 1.54) is 30.0 Å². The van der Waals surface area contributed by atoms with Gasteiger partial charge in [0.25, 0.3) is 0 Å². The maximum atomic E-state index is 11.6. The van der Waals surface area contributed by atoms with Crippen molar-refractivity contribution in [2.75, 3.05) is 0 Å². The molecule has 0 aliphatic heterocycles. The second-order valence-electron chi connectivity index (χ2n) is 8.29. The van der Waals surface area contributed by atoms with Crippen LogP contribution >= 0.6 is 0 Å². The smallest absolute Gasteiger partial charge is 0.308 e. The van der Waals surface area contributed by atoms with E-state index in [4.69, 9.17) is 4.74 Å². The molecule has 0 spiro atoms. The van der Waals surface area contributed by atoms with Crippen molar-refractivity contribution >= 4 is 5.97 Å². The maximum absolute atomic E-state index is 11.6. The number of ether oxygens (including phenoxy) is 1. The number of hydrogen-bond donors (Lipinski definition) is 1. The van der Waals surface area contributed by atoms with E-state index >= 15 is 0 Å². The highest BCUT2D eigenvalue weighted by Crippen LogP contribution is 2.57. The number of rotatable bonds is 2. The van der Waals surface area contributed by atoms with Crippen LogP contribution in [0, 0.1) is 12.8 Å². The lowest BCUT2D eigenvalue weighted by molar-refractivity contribution is -0.132. The molecule has 3 nitrogen and oxygen atoms in total. The molecule has 1 unspecified atom stereocenters. The standard InChI is InChI=1S/C22H30O3/c1-11(2)9-16-10-13(4)17-8-7-12(3)18-20(17)19(16)14(5)22(21(18)24)25-15(6)23/h9,12-13,16-17,24H,7-8,10H2,1-6H3/t12-,13-,16-,17?/m0/s1. The number of hydrogen-bond acceptors (Lipinski definition) is 3. The SMILES string of the molecule is CC(=O)Oc1c(C)c2c3c(c1O)[C@@H](C)CCC3[C@@H](C)C[C@@H]2C=C(C)C. The molecule has 0 heterocycles. The highest BCUT2D eigenvalue weighted by Gasteiger charge is 2.41. The number of carbonyl (C=O) groups is 1. The molecule has 2 aliphatic rings. The fraction of sp³-hybridized carbons (Fsp3) is 0.591. The minimum Gasteiger partial charge on any atom is -0.504 e. The molecule has 25 heavy (non-hydrogen) atoms. The Labute approximate surface area is 151 Å². The average Bonchev–Trinajstić information content (AvgIpc) is 2.49.